The van der Waals surface area contributed by atoms with Crippen LogP contribution in [0.1, 0.15) is 38.1 Å². The maximum absolute atomic E-state index is 8.64. The van der Waals surface area contributed by atoms with Crippen LogP contribution in [0.4, 0.5) is 5.95 Å². The maximum Gasteiger partial charge on any atom is 0.223 e. The lowest BCUT2D eigenvalue weighted by Gasteiger charge is -2.13. The van der Waals surface area contributed by atoms with Crippen LogP contribution in [-0.4, -0.2) is 21.0 Å². The van der Waals surface area contributed by atoms with Gasteiger partial charge in [0.15, 0.2) is 0 Å². The molecule has 0 bridgehead atoms. The van der Waals surface area contributed by atoms with Gasteiger partial charge < -0.3 is 5.32 Å². The lowest BCUT2D eigenvalue weighted by atomic mass is 10.2. The minimum atomic E-state index is 0.334. The van der Waals surface area contributed by atoms with E-state index in [1.54, 1.807) is 12.4 Å². The molecule has 2 heterocycles. The Kier molecular flexibility index (Phi) is 8.21. The van der Waals surface area contributed by atoms with Crippen molar-refractivity contribution < 1.29 is 0 Å². The molecule has 116 valence electrons. The van der Waals surface area contributed by atoms with Gasteiger partial charge in [-0.2, -0.15) is 5.26 Å². The predicted molar refractivity (Wildman–Crippen MR) is 88.3 cm³/mol. The van der Waals surface area contributed by atoms with Crippen molar-refractivity contribution in [3.63, 3.8) is 0 Å². The van der Waals surface area contributed by atoms with Gasteiger partial charge >= 0.3 is 0 Å². The number of nitriles is 1. The van der Waals surface area contributed by atoms with Gasteiger partial charge in [-0.25, -0.2) is 9.97 Å². The highest BCUT2D eigenvalue weighted by Crippen LogP contribution is 2.08. The molecule has 2 rings (SSSR count). The van der Waals surface area contributed by atoms with Crippen molar-refractivity contribution >= 4 is 5.95 Å². The third kappa shape index (κ3) is 7.34. The standard InChI is InChI=1S/C12H18N4.C5H5N/c1-4-5-9(2)14-12-15-10(3)8-11(16-12)6-7-13;1-2-4-6-5-3-1/h8-9H,4-6H2,1-3H3,(H,14,15,16);1-5H. The van der Waals surface area contributed by atoms with E-state index in [2.05, 4.69) is 40.2 Å². The minimum Gasteiger partial charge on any atom is -0.352 e. The first-order valence-electron chi connectivity index (χ1n) is 7.48. The quantitative estimate of drug-likeness (QED) is 0.913. The van der Waals surface area contributed by atoms with Crippen molar-refractivity contribution in [2.24, 2.45) is 0 Å². The highest BCUT2D eigenvalue weighted by atomic mass is 15.1. The molecule has 0 aliphatic heterocycles. The first-order valence-corrected chi connectivity index (χ1v) is 7.48. The van der Waals surface area contributed by atoms with Gasteiger partial charge in [-0.1, -0.05) is 19.4 Å². The number of aromatic nitrogens is 3. The van der Waals surface area contributed by atoms with Crippen molar-refractivity contribution in [2.45, 2.75) is 46.1 Å². The molecule has 5 heteroatoms. The van der Waals surface area contributed by atoms with Gasteiger partial charge in [0.2, 0.25) is 5.95 Å². The van der Waals surface area contributed by atoms with Crippen LogP contribution < -0.4 is 5.32 Å². The van der Waals surface area contributed by atoms with Gasteiger partial charge in [0, 0.05) is 24.1 Å². The predicted octanol–water partition coefficient (Wildman–Crippen LogP) is 3.53. The lowest BCUT2D eigenvalue weighted by Crippen LogP contribution is -2.17. The summed E-state index contributed by atoms with van der Waals surface area (Å²) in [4.78, 5) is 12.4. The Hall–Kier alpha value is -2.48. The normalized spacial score (nSPS) is 10.8. The molecule has 1 atom stereocenters. The minimum absolute atomic E-state index is 0.334. The molecule has 22 heavy (non-hydrogen) atoms. The van der Waals surface area contributed by atoms with E-state index >= 15 is 0 Å². The molecule has 0 spiro atoms. The second-order valence-electron chi connectivity index (χ2n) is 5.02. The van der Waals surface area contributed by atoms with Gasteiger partial charge in [0.05, 0.1) is 18.2 Å². The number of nitrogens with zero attached hydrogens (tertiary/aromatic N) is 4. The molecule has 0 radical (unpaired) electrons. The zero-order chi connectivity index (χ0) is 16.2. The van der Waals surface area contributed by atoms with E-state index < -0.39 is 0 Å². The Morgan fingerprint density at radius 1 is 1.23 bits per heavy atom. The van der Waals surface area contributed by atoms with Crippen LogP contribution in [0.25, 0.3) is 0 Å². The fourth-order valence-electron chi connectivity index (χ4n) is 1.91. The van der Waals surface area contributed by atoms with Crippen LogP contribution in [0, 0.1) is 18.3 Å². The summed E-state index contributed by atoms with van der Waals surface area (Å²) in [5.74, 6) is 0.631. The van der Waals surface area contributed by atoms with Crippen LogP contribution >= 0.6 is 0 Å². The molecule has 2 aromatic rings. The summed E-state index contributed by atoms with van der Waals surface area (Å²) >= 11 is 0. The molecule has 0 saturated heterocycles. The molecule has 1 unspecified atom stereocenters. The van der Waals surface area contributed by atoms with Crippen molar-refractivity contribution in [2.75, 3.05) is 5.32 Å². The molecule has 1 N–H and O–H groups in total. The number of nitrogens with one attached hydrogen (secondary N) is 1. The highest BCUT2D eigenvalue weighted by molar-refractivity contribution is 5.29. The Morgan fingerprint density at radius 3 is 2.45 bits per heavy atom. The number of hydrogen-bond donors (Lipinski definition) is 1. The first-order chi connectivity index (χ1) is 10.7. The summed E-state index contributed by atoms with van der Waals surface area (Å²) in [6.45, 7) is 6.17. The summed E-state index contributed by atoms with van der Waals surface area (Å²) in [5, 5.41) is 11.9. The number of aryl methyl sites for hydroxylation is 1. The monoisotopic (exact) mass is 297 g/mol. The Labute approximate surface area is 132 Å². The molecular weight excluding hydrogens is 274 g/mol. The molecule has 2 aromatic heterocycles. The Balaban J connectivity index is 0.000000335. The van der Waals surface area contributed by atoms with E-state index in [4.69, 9.17) is 5.26 Å². The summed E-state index contributed by atoms with van der Waals surface area (Å²) in [6, 6.07) is 10.0. The zero-order valence-corrected chi connectivity index (χ0v) is 13.5. The van der Waals surface area contributed by atoms with Crippen LogP contribution in [0.15, 0.2) is 36.7 Å². The van der Waals surface area contributed by atoms with Gasteiger partial charge in [-0.05, 0) is 38.5 Å². The molecule has 0 aromatic carbocycles. The number of pyridine rings is 1. The molecule has 0 aliphatic carbocycles. The summed E-state index contributed by atoms with van der Waals surface area (Å²) in [7, 11) is 0. The second-order valence-corrected chi connectivity index (χ2v) is 5.02. The molecule has 0 saturated carbocycles. The van der Waals surface area contributed by atoms with E-state index in [0.717, 1.165) is 24.2 Å². The van der Waals surface area contributed by atoms with Gasteiger partial charge in [-0.15, -0.1) is 0 Å². The Morgan fingerprint density at radius 2 is 1.95 bits per heavy atom. The number of anilines is 1. The van der Waals surface area contributed by atoms with E-state index in [9.17, 15) is 0 Å². The molecule has 5 nitrogen and oxygen atoms in total. The van der Waals surface area contributed by atoms with Crippen LogP contribution in [0.2, 0.25) is 0 Å². The van der Waals surface area contributed by atoms with E-state index in [0.29, 0.717) is 18.4 Å². The third-order valence-corrected chi connectivity index (χ3v) is 2.83. The maximum atomic E-state index is 8.64. The Bertz CT molecular complexity index is 551. The molecule has 0 amide bonds. The summed E-state index contributed by atoms with van der Waals surface area (Å²) in [6.07, 6.45) is 6.05. The zero-order valence-electron chi connectivity index (χ0n) is 13.5. The van der Waals surface area contributed by atoms with Crippen LogP contribution in [0.5, 0.6) is 0 Å². The van der Waals surface area contributed by atoms with Gasteiger partial charge in [0.1, 0.15) is 0 Å². The largest absolute Gasteiger partial charge is 0.352 e. The lowest BCUT2D eigenvalue weighted by molar-refractivity contribution is 0.682. The van der Waals surface area contributed by atoms with Crippen molar-refractivity contribution in [3.05, 3.63) is 48.0 Å². The third-order valence-electron chi connectivity index (χ3n) is 2.83. The highest BCUT2D eigenvalue weighted by Gasteiger charge is 2.05. The summed E-state index contributed by atoms with van der Waals surface area (Å²) in [5.41, 5.74) is 1.67. The second kappa shape index (κ2) is 10.3. The van der Waals surface area contributed by atoms with E-state index in [1.165, 1.54) is 0 Å². The first kappa shape index (κ1) is 17.6. The fourth-order valence-corrected chi connectivity index (χ4v) is 1.91. The van der Waals surface area contributed by atoms with Crippen LogP contribution in [0.3, 0.4) is 0 Å². The smallest absolute Gasteiger partial charge is 0.223 e. The SMILES string of the molecule is CCCC(C)Nc1nc(C)cc(CC#N)n1.c1ccncc1. The number of rotatable bonds is 5. The van der Waals surface area contributed by atoms with Crippen LogP contribution in [-0.2, 0) is 6.42 Å². The van der Waals surface area contributed by atoms with Crippen molar-refractivity contribution in [3.8, 4) is 6.07 Å². The average Bonchev–Trinajstić information content (AvgIpc) is 2.49. The van der Waals surface area contributed by atoms with Gasteiger partial charge in [0.25, 0.3) is 0 Å². The molecule has 0 fully saturated rings. The van der Waals surface area contributed by atoms with Crippen molar-refractivity contribution in [1.29, 1.82) is 5.26 Å². The van der Waals surface area contributed by atoms with E-state index in [1.807, 2.05) is 31.2 Å². The van der Waals surface area contributed by atoms with E-state index in [-0.39, 0.29) is 0 Å². The number of hydrogen-bond acceptors (Lipinski definition) is 5. The van der Waals surface area contributed by atoms with Crippen molar-refractivity contribution in [1.82, 2.24) is 15.0 Å². The molecular formula is C17H23N5. The fraction of sp³-hybridized carbons (Fsp3) is 0.412. The summed E-state index contributed by atoms with van der Waals surface area (Å²) < 4.78 is 0. The van der Waals surface area contributed by atoms with Gasteiger partial charge in [-0.3, -0.25) is 4.98 Å². The molecule has 0 aliphatic rings. The average molecular weight is 297 g/mol. The topological polar surface area (TPSA) is 74.5 Å².